The number of aliphatic carboxylic acids is 1. The van der Waals surface area contributed by atoms with Crippen LogP contribution in [0.25, 0.3) is 0 Å². The Morgan fingerprint density at radius 3 is 3.00 bits per heavy atom. The van der Waals surface area contributed by atoms with E-state index in [4.69, 9.17) is 0 Å². The van der Waals surface area contributed by atoms with Gasteiger partial charge < -0.3 is 20.7 Å². The number of nitrogens with zero attached hydrogens (tertiary/aromatic N) is 1. The molecular formula is C14H22N4O3. The van der Waals surface area contributed by atoms with Crippen molar-refractivity contribution >= 4 is 12.0 Å². The molecule has 21 heavy (non-hydrogen) atoms. The molecule has 0 aliphatic heterocycles. The van der Waals surface area contributed by atoms with Gasteiger partial charge in [-0.2, -0.15) is 0 Å². The minimum Gasteiger partial charge on any atom is -0.480 e. The van der Waals surface area contributed by atoms with Crippen LogP contribution >= 0.6 is 0 Å². The van der Waals surface area contributed by atoms with Crippen molar-refractivity contribution in [3.8, 4) is 0 Å². The highest BCUT2D eigenvalue weighted by atomic mass is 16.4. The first-order valence-corrected chi connectivity index (χ1v) is 7.28. The molecule has 1 heterocycles. The van der Waals surface area contributed by atoms with Crippen molar-refractivity contribution < 1.29 is 14.7 Å². The van der Waals surface area contributed by atoms with Crippen molar-refractivity contribution in [2.75, 3.05) is 6.54 Å². The molecule has 1 saturated carbocycles. The molecule has 4 N–H and O–H groups in total. The Kier molecular flexibility index (Phi) is 4.82. The fraction of sp³-hybridized carbons (Fsp3) is 0.643. The van der Waals surface area contributed by atoms with Gasteiger partial charge in [0, 0.05) is 24.9 Å². The molecule has 7 nitrogen and oxygen atoms in total. The smallest absolute Gasteiger partial charge is 0.329 e. The van der Waals surface area contributed by atoms with E-state index in [1.807, 2.05) is 6.92 Å². The molecule has 2 amide bonds. The molecule has 0 radical (unpaired) electrons. The van der Waals surface area contributed by atoms with Crippen molar-refractivity contribution in [1.29, 1.82) is 0 Å². The van der Waals surface area contributed by atoms with Crippen LogP contribution in [0.15, 0.2) is 12.5 Å². The van der Waals surface area contributed by atoms with Crippen LogP contribution in [-0.2, 0) is 11.2 Å². The summed E-state index contributed by atoms with van der Waals surface area (Å²) in [6.07, 6.45) is 6.71. The van der Waals surface area contributed by atoms with Crippen LogP contribution in [0.2, 0.25) is 0 Å². The number of carbonyl (C=O) groups excluding carboxylic acids is 1. The number of nitrogens with one attached hydrogen (secondary N) is 3. The van der Waals surface area contributed by atoms with Gasteiger partial charge in [-0.25, -0.2) is 14.6 Å². The number of urea groups is 1. The third-order valence-electron chi connectivity index (χ3n) is 3.99. The number of hydrogen-bond donors (Lipinski definition) is 4. The van der Waals surface area contributed by atoms with E-state index in [0.717, 1.165) is 18.5 Å². The van der Waals surface area contributed by atoms with Gasteiger partial charge in [0.25, 0.3) is 0 Å². The lowest BCUT2D eigenvalue weighted by Gasteiger charge is -2.37. The second kappa shape index (κ2) is 6.60. The number of carboxylic acids is 1. The monoisotopic (exact) mass is 294 g/mol. The van der Waals surface area contributed by atoms with Gasteiger partial charge in [-0.15, -0.1) is 0 Å². The largest absolute Gasteiger partial charge is 0.480 e. The number of rotatable bonds is 5. The van der Waals surface area contributed by atoms with Crippen LogP contribution < -0.4 is 10.6 Å². The zero-order valence-corrected chi connectivity index (χ0v) is 12.2. The zero-order valence-electron chi connectivity index (χ0n) is 12.2. The molecule has 7 heteroatoms. The van der Waals surface area contributed by atoms with E-state index < -0.39 is 17.5 Å². The summed E-state index contributed by atoms with van der Waals surface area (Å²) in [4.78, 5) is 30.3. The van der Waals surface area contributed by atoms with E-state index in [1.165, 1.54) is 0 Å². The molecule has 116 valence electrons. The van der Waals surface area contributed by atoms with Crippen molar-refractivity contribution in [2.45, 2.75) is 44.6 Å². The summed E-state index contributed by atoms with van der Waals surface area (Å²) in [6, 6.07) is -0.425. The van der Waals surface area contributed by atoms with Crippen molar-refractivity contribution in [3.05, 3.63) is 18.2 Å². The summed E-state index contributed by atoms with van der Waals surface area (Å²) in [7, 11) is 0. The first-order chi connectivity index (χ1) is 10.0. The SMILES string of the molecule is CC1CCCC(NC(=O)NCCc2cnc[nH]2)(C(=O)O)C1. The Labute approximate surface area is 123 Å². The average molecular weight is 294 g/mol. The molecule has 1 aromatic rings. The zero-order chi connectivity index (χ0) is 15.3. The number of aromatic amines is 1. The standard InChI is InChI=1S/C14H22N4O3/c1-10-3-2-5-14(7-10,12(19)20)18-13(21)16-6-4-11-8-15-9-17-11/h8-10H,2-7H2,1H3,(H,15,17)(H,19,20)(H2,16,18,21). The summed E-state index contributed by atoms with van der Waals surface area (Å²) < 4.78 is 0. The van der Waals surface area contributed by atoms with E-state index in [-0.39, 0.29) is 0 Å². The average Bonchev–Trinajstić information content (AvgIpc) is 2.91. The minimum atomic E-state index is -1.13. The van der Waals surface area contributed by atoms with Gasteiger partial charge in [-0.05, 0) is 18.8 Å². The molecule has 0 bridgehead atoms. The van der Waals surface area contributed by atoms with E-state index in [2.05, 4.69) is 20.6 Å². The maximum atomic E-state index is 11.9. The Hall–Kier alpha value is -2.05. The molecule has 1 fully saturated rings. The third-order valence-corrected chi connectivity index (χ3v) is 3.99. The number of imidazole rings is 1. The molecular weight excluding hydrogens is 272 g/mol. The lowest BCUT2D eigenvalue weighted by atomic mass is 9.76. The van der Waals surface area contributed by atoms with Crippen LogP contribution in [0.4, 0.5) is 4.79 Å². The second-order valence-electron chi connectivity index (χ2n) is 5.80. The van der Waals surface area contributed by atoms with Crippen molar-refractivity contribution in [1.82, 2.24) is 20.6 Å². The molecule has 1 aliphatic rings. The van der Waals surface area contributed by atoms with Gasteiger partial charge in [-0.3, -0.25) is 0 Å². The minimum absolute atomic E-state index is 0.306. The molecule has 0 spiro atoms. The number of H-pyrrole nitrogens is 1. The fourth-order valence-corrected chi connectivity index (χ4v) is 2.91. The van der Waals surface area contributed by atoms with Gasteiger partial charge >= 0.3 is 12.0 Å². The van der Waals surface area contributed by atoms with Crippen LogP contribution in [0.3, 0.4) is 0 Å². The number of hydrogen-bond acceptors (Lipinski definition) is 3. The second-order valence-corrected chi connectivity index (χ2v) is 5.80. The van der Waals surface area contributed by atoms with Gasteiger partial charge in [0.15, 0.2) is 0 Å². The van der Waals surface area contributed by atoms with Crippen LogP contribution in [0.1, 0.15) is 38.3 Å². The maximum Gasteiger partial charge on any atom is 0.329 e. The van der Waals surface area contributed by atoms with Crippen molar-refractivity contribution in [3.63, 3.8) is 0 Å². The quantitative estimate of drug-likeness (QED) is 0.656. The third kappa shape index (κ3) is 3.96. The lowest BCUT2D eigenvalue weighted by Crippen LogP contribution is -2.59. The molecule has 0 aromatic carbocycles. The highest BCUT2D eigenvalue weighted by molar-refractivity contribution is 5.86. The summed E-state index contributed by atoms with van der Waals surface area (Å²) >= 11 is 0. The molecule has 2 unspecified atom stereocenters. The molecule has 1 aromatic heterocycles. The number of aromatic nitrogens is 2. The predicted octanol–water partition coefficient (Wildman–Crippen LogP) is 1.28. The molecule has 2 rings (SSSR count). The van der Waals surface area contributed by atoms with Gasteiger partial charge in [-0.1, -0.05) is 19.8 Å². The van der Waals surface area contributed by atoms with Crippen LogP contribution in [0, 0.1) is 5.92 Å². The van der Waals surface area contributed by atoms with Gasteiger partial charge in [0.1, 0.15) is 5.54 Å². The Balaban J connectivity index is 1.85. The summed E-state index contributed by atoms with van der Waals surface area (Å²) in [5.41, 5.74) is -0.204. The maximum absolute atomic E-state index is 11.9. The van der Waals surface area contributed by atoms with Gasteiger partial charge in [0.05, 0.1) is 6.33 Å². The Morgan fingerprint density at radius 1 is 1.57 bits per heavy atom. The van der Waals surface area contributed by atoms with Crippen LogP contribution in [0.5, 0.6) is 0 Å². The van der Waals surface area contributed by atoms with E-state index in [0.29, 0.717) is 31.7 Å². The first-order valence-electron chi connectivity index (χ1n) is 7.28. The summed E-state index contributed by atoms with van der Waals surface area (Å²) in [5, 5.41) is 14.8. The Bertz CT molecular complexity index is 488. The van der Waals surface area contributed by atoms with Crippen molar-refractivity contribution in [2.24, 2.45) is 5.92 Å². The lowest BCUT2D eigenvalue weighted by molar-refractivity contribution is -0.146. The fourth-order valence-electron chi connectivity index (χ4n) is 2.91. The molecule has 1 aliphatic carbocycles. The predicted molar refractivity (Wildman–Crippen MR) is 76.8 cm³/mol. The van der Waals surface area contributed by atoms with Crippen LogP contribution in [-0.4, -0.2) is 39.2 Å². The van der Waals surface area contributed by atoms with E-state index >= 15 is 0 Å². The number of carboxylic acid groups (broad SMARTS) is 1. The van der Waals surface area contributed by atoms with Gasteiger partial charge in [0.2, 0.25) is 0 Å². The number of amides is 2. The van der Waals surface area contributed by atoms with E-state index in [9.17, 15) is 14.7 Å². The Morgan fingerprint density at radius 2 is 2.38 bits per heavy atom. The highest BCUT2D eigenvalue weighted by Gasteiger charge is 2.43. The molecule has 2 atom stereocenters. The topological polar surface area (TPSA) is 107 Å². The first kappa shape index (κ1) is 15.3. The number of carbonyl (C=O) groups is 2. The van der Waals surface area contributed by atoms with E-state index in [1.54, 1.807) is 12.5 Å². The summed E-state index contributed by atoms with van der Waals surface area (Å²) in [5.74, 6) is -0.641. The highest BCUT2D eigenvalue weighted by Crippen LogP contribution is 2.32. The normalized spacial score (nSPS) is 25.3. The summed E-state index contributed by atoms with van der Waals surface area (Å²) in [6.45, 7) is 2.45. The molecule has 0 saturated heterocycles.